The molecule has 0 saturated carbocycles. The van der Waals surface area contributed by atoms with Crippen molar-refractivity contribution >= 4 is 56.2 Å². The van der Waals surface area contributed by atoms with E-state index in [9.17, 15) is 39.6 Å². The normalized spacial score (nSPS) is 11.1. The Bertz CT molecular complexity index is 1450. The molecule has 0 aliphatic rings. The van der Waals surface area contributed by atoms with Crippen LogP contribution < -0.4 is 0 Å². The molecule has 4 aromatic rings. The van der Waals surface area contributed by atoms with Crippen LogP contribution in [0.4, 0.5) is 0 Å². The summed E-state index contributed by atoms with van der Waals surface area (Å²) in [5.74, 6) is -5.24. The predicted octanol–water partition coefficient (Wildman–Crippen LogP) is 3.94. The minimum absolute atomic E-state index is 0.0653. The number of hydrogen-bond acceptors (Lipinski definition) is 4. The average molecular weight is 404 g/mol. The van der Waals surface area contributed by atoms with Gasteiger partial charge < -0.3 is 20.4 Å². The maximum atomic E-state index is 11.8. The van der Waals surface area contributed by atoms with E-state index in [1.165, 1.54) is 42.5 Å². The van der Waals surface area contributed by atoms with Gasteiger partial charge in [-0.2, -0.15) is 0 Å². The highest BCUT2D eigenvalue weighted by Gasteiger charge is 2.22. The number of rotatable bonds is 4. The summed E-state index contributed by atoms with van der Waals surface area (Å²) in [6, 6.07) is 11.0. The first-order valence-electron chi connectivity index (χ1n) is 8.60. The van der Waals surface area contributed by atoms with Gasteiger partial charge in [0.15, 0.2) is 0 Å². The molecule has 0 aromatic heterocycles. The molecule has 8 nitrogen and oxygen atoms in total. The third kappa shape index (κ3) is 2.62. The number of hydrogen-bond donors (Lipinski definition) is 4. The molecule has 30 heavy (non-hydrogen) atoms. The van der Waals surface area contributed by atoms with Gasteiger partial charge in [0.1, 0.15) is 0 Å². The molecule has 4 aromatic carbocycles. The molecule has 0 bridgehead atoms. The van der Waals surface area contributed by atoms with Gasteiger partial charge in [-0.25, -0.2) is 19.2 Å². The van der Waals surface area contributed by atoms with Crippen molar-refractivity contribution in [2.75, 3.05) is 0 Å². The largest absolute Gasteiger partial charge is 0.478 e. The third-order valence-corrected chi connectivity index (χ3v) is 5.08. The van der Waals surface area contributed by atoms with Crippen LogP contribution in [0, 0.1) is 0 Å². The molecule has 0 atom stereocenters. The average Bonchev–Trinajstić information content (AvgIpc) is 2.70. The van der Waals surface area contributed by atoms with Crippen LogP contribution >= 0.6 is 0 Å². The highest BCUT2D eigenvalue weighted by atomic mass is 16.4. The summed E-state index contributed by atoms with van der Waals surface area (Å²) >= 11 is 0. The van der Waals surface area contributed by atoms with Crippen molar-refractivity contribution in [3.05, 3.63) is 70.8 Å². The Morgan fingerprint density at radius 2 is 0.867 bits per heavy atom. The van der Waals surface area contributed by atoms with Crippen LogP contribution in [-0.4, -0.2) is 44.3 Å². The molecule has 0 fully saturated rings. The lowest BCUT2D eigenvalue weighted by Crippen LogP contribution is -2.09. The molecule has 0 heterocycles. The van der Waals surface area contributed by atoms with Gasteiger partial charge >= 0.3 is 23.9 Å². The highest BCUT2D eigenvalue weighted by molar-refractivity contribution is 6.26. The SMILES string of the molecule is O=C(O)c1ccc2c(ccc3c2ccc2c(C(=O)O)ccc(C(=O)O)c23)c1C(=O)O. The molecule has 0 spiro atoms. The van der Waals surface area contributed by atoms with Crippen LogP contribution in [-0.2, 0) is 0 Å². The summed E-state index contributed by atoms with van der Waals surface area (Å²) in [5.41, 5.74) is -0.903. The van der Waals surface area contributed by atoms with Crippen LogP contribution in [0.1, 0.15) is 41.4 Å². The fourth-order valence-electron chi connectivity index (χ4n) is 3.85. The van der Waals surface area contributed by atoms with Crippen molar-refractivity contribution in [3.8, 4) is 0 Å². The summed E-state index contributed by atoms with van der Waals surface area (Å²) in [6.07, 6.45) is 0. The van der Waals surface area contributed by atoms with E-state index in [4.69, 9.17) is 0 Å². The second kappa shape index (κ2) is 6.56. The van der Waals surface area contributed by atoms with Gasteiger partial charge in [-0.05, 0) is 45.1 Å². The standard InChI is InChI=1S/C22H12O8/c23-19(24)14-6-8-15(20(25)26)17-11-4-5-12-10(9(11)1-3-13(14)17)2-7-16(21(27)28)18(12)22(29)30/h1-8H,(H,23,24)(H,25,26)(H,27,28)(H,29,30). The van der Waals surface area contributed by atoms with Crippen LogP contribution in [0.5, 0.6) is 0 Å². The van der Waals surface area contributed by atoms with Crippen molar-refractivity contribution in [1.29, 1.82) is 0 Å². The van der Waals surface area contributed by atoms with Gasteiger partial charge in [-0.3, -0.25) is 0 Å². The lowest BCUT2D eigenvalue weighted by Gasteiger charge is -2.13. The lowest BCUT2D eigenvalue weighted by molar-refractivity contribution is 0.0653. The summed E-state index contributed by atoms with van der Waals surface area (Å²) in [5, 5.41) is 39.9. The van der Waals surface area contributed by atoms with Crippen molar-refractivity contribution in [2.24, 2.45) is 0 Å². The first-order chi connectivity index (χ1) is 14.2. The third-order valence-electron chi connectivity index (χ3n) is 5.08. The molecule has 0 amide bonds. The molecule has 4 N–H and O–H groups in total. The molecule has 0 saturated heterocycles. The number of carboxylic acids is 4. The zero-order chi connectivity index (χ0) is 21.7. The minimum Gasteiger partial charge on any atom is -0.478 e. The van der Waals surface area contributed by atoms with Crippen LogP contribution in [0.15, 0.2) is 48.5 Å². The molecule has 4 rings (SSSR count). The summed E-state index contributed by atoms with van der Waals surface area (Å²) in [7, 11) is 0. The topological polar surface area (TPSA) is 149 Å². The van der Waals surface area contributed by atoms with Crippen LogP contribution in [0.2, 0.25) is 0 Å². The van der Waals surface area contributed by atoms with Crippen molar-refractivity contribution in [2.45, 2.75) is 0 Å². The first-order valence-corrected chi connectivity index (χ1v) is 8.60. The predicted molar refractivity (Wildman–Crippen MR) is 107 cm³/mol. The molecule has 0 radical (unpaired) electrons. The summed E-state index contributed by atoms with van der Waals surface area (Å²) in [4.78, 5) is 46.6. The van der Waals surface area contributed by atoms with E-state index in [1.54, 1.807) is 6.07 Å². The Labute approximate surface area is 167 Å². The van der Waals surface area contributed by atoms with Crippen molar-refractivity contribution < 1.29 is 39.6 Å². The van der Waals surface area contributed by atoms with Crippen LogP contribution in [0.25, 0.3) is 32.3 Å². The van der Waals surface area contributed by atoms with Gasteiger partial charge in [0.25, 0.3) is 0 Å². The van der Waals surface area contributed by atoms with Crippen LogP contribution in [0.3, 0.4) is 0 Å². The van der Waals surface area contributed by atoms with Gasteiger partial charge in [0.05, 0.1) is 22.3 Å². The fraction of sp³-hybridized carbons (Fsp3) is 0. The maximum absolute atomic E-state index is 11.8. The van der Waals surface area contributed by atoms with E-state index >= 15 is 0 Å². The fourth-order valence-corrected chi connectivity index (χ4v) is 3.85. The van der Waals surface area contributed by atoms with E-state index in [2.05, 4.69) is 0 Å². The van der Waals surface area contributed by atoms with Gasteiger partial charge in [0, 0.05) is 5.39 Å². The summed E-state index contributed by atoms with van der Waals surface area (Å²) < 4.78 is 0. The molecule has 148 valence electrons. The smallest absolute Gasteiger partial charge is 0.337 e. The van der Waals surface area contributed by atoms with Gasteiger partial charge in [-0.15, -0.1) is 0 Å². The molecule has 0 unspecified atom stereocenters. The minimum atomic E-state index is -1.41. The second-order valence-corrected chi connectivity index (χ2v) is 6.61. The van der Waals surface area contributed by atoms with E-state index in [0.717, 1.165) is 0 Å². The van der Waals surface area contributed by atoms with Crippen molar-refractivity contribution in [3.63, 3.8) is 0 Å². The number of benzene rings is 4. The van der Waals surface area contributed by atoms with Crippen molar-refractivity contribution in [1.82, 2.24) is 0 Å². The highest BCUT2D eigenvalue weighted by Crippen LogP contribution is 2.36. The molecule has 0 aliphatic heterocycles. The number of fused-ring (bicyclic) bond motifs is 5. The Kier molecular flexibility index (Phi) is 4.13. The Balaban J connectivity index is 2.24. The van der Waals surface area contributed by atoms with E-state index in [0.29, 0.717) is 16.2 Å². The van der Waals surface area contributed by atoms with Gasteiger partial charge in [0.2, 0.25) is 0 Å². The van der Waals surface area contributed by atoms with E-state index in [-0.39, 0.29) is 38.4 Å². The molecule has 8 heteroatoms. The Morgan fingerprint density at radius 3 is 1.47 bits per heavy atom. The Hall–Kier alpha value is -4.46. The number of carbonyl (C=O) groups is 4. The van der Waals surface area contributed by atoms with Gasteiger partial charge in [-0.1, -0.05) is 30.3 Å². The molecular formula is C22H12O8. The second-order valence-electron chi connectivity index (χ2n) is 6.61. The quantitative estimate of drug-likeness (QED) is 0.374. The first kappa shape index (κ1) is 18.9. The maximum Gasteiger partial charge on any atom is 0.337 e. The zero-order valence-electron chi connectivity index (χ0n) is 15.0. The summed E-state index contributed by atoms with van der Waals surface area (Å²) in [6.45, 7) is 0. The van der Waals surface area contributed by atoms with E-state index in [1.807, 2.05) is 0 Å². The number of aromatic carboxylic acids is 4. The van der Waals surface area contributed by atoms with E-state index < -0.39 is 23.9 Å². The zero-order valence-corrected chi connectivity index (χ0v) is 15.0. The molecular weight excluding hydrogens is 392 g/mol. The monoisotopic (exact) mass is 404 g/mol. The lowest BCUT2D eigenvalue weighted by atomic mass is 9.90. The Morgan fingerprint density at radius 1 is 0.433 bits per heavy atom. The molecule has 0 aliphatic carbocycles. The number of carboxylic acid groups (broad SMARTS) is 4.